The van der Waals surface area contributed by atoms with Crippen LogP contribution in [0.15, 0.2) is 52.8 Å². The maximum atomic E-state index is 12.6. The van der Waals surface area contributed by atoms with Crippen molar-refractivity contribution in [2.24, 2.45) is 0 Å². The molecule has 0 N–H and O–H groups in total. The lowest BCUT2D eigenvalue weighted by molar-refractivity contribution is 0.582. The SMILES string of the molecule is CC.CC.O=S1(=O)CC(S(=O)(=O)c2cccnc2)c2cccnc21. The Labute approximate surface area is 143 Å². The van der Waals surface area contributed by atoms with Crippen LogP contribution in [-0.2, 0) is 19.7 Å². The quantitative estimate of drug-likeness (QED) is 0.807. The Morgan fingerprint density at radius 2 is 1.67 bits per heavy atom. The molecule has 1 atom stereocenters. The number of sulfone groups is 2. The molecule has 6 nitrogen and oxygen atoms in total. The van der Waals surface area contributed by atoms with E-state index < -0.39 is 30.7 Å². The molecule has 0 aliphatic carbocycles. The van der Waals surface area contributed by atoms with Crippen LogP contribution in [0.2, 0.25) is 0 Å². The van der Waals surface area contributed by atoms with Crippen molar-refractivity contribution in [2.45, 2.75) is 42.9 Å². The minimum Gasteiger partial charge on any atom is -0.263 e. The number of pyridine rings is 2. The molecule has 0 radical (unpaired) electrons. The van der Waals surface area contributed by atoms with Gasteiger partial charge in [-0.3, -0.25) is 4.98 Å². The zero-order valence-corrected chi connectivity index (χ0v) is 15.8. The van der Waals surface area contributed by atoms with Crippen LogP contribution < -0.4 is 0 Å². The summed E-state index contributed by atoms with van der Waals surface area (Å²) in [5.41, 5.74) is 0.233. The molecular weight excluding hydrogens is 348 g/mol. The average Bonchev–Trinajstić information content (AvgIpc) is 2.92. The number of hydrogen-bond donors (Lipinski definition) is 0. The number of nitrogens with zero attached hydrogens (tertiary/aromatic N) is 2. The van der Waals surface area contributed by atoms with Gasteiger partial charge in [0.1, 0.15) is 5.25 Å². The van der Waals surface area contributed by atoms with Crippen molar-refractivity contribution in [2.75, 3.05) is 5.75 Å². The lowest BCUT2D eigenvalue weighted by atomic mass is 10.2. The van der Waals surface area contributed by atoms with Crippen LogP contribution in [0.5, 0.6) is 0 Å². The maximum absolute atomic E-state index is 12.6. The van der Waals surface area contributed by atoms with E-state index in [4.69, 9.17) is 0 Å². The molecule has 0 bridgehead atoms. The van der Waals surface area contributed by atoms with E-state index in [0.717, 1.165) is 0 Å². The molecule has 132 valence electrons. The molecule has 1 aliphatic rings. The number of fused-ring (bicyclic) bond motifs is 1. The highest BCUT2D eigenvalue weighted by Gasteiger charge is 2.43. The zero-order valence-electron chi connectivity index (χ0n) is 14.2. The molecule has 2 aromatic heterocycles. The van der Waals surface area contributed by atoms with Gasteiger partial charge in [-0.2, -0.15) is 0 Å². The van der Waals surface area contributed by atoms with Crippen molar-refractivity contribution in [3.05, 3.63) is 48.4 Å². The minimum absolute atomic E-state index is 0.0110. The minimum atomic E-state index is -3.80. The van der Waals surface area contributed by atoms with Gasteiger partial charge < -0.3 is 0 Å². The van der Waals surface area contributed by atoms with Gasteiger partial charge in [-0.05, 0) is 18.2 Å². The molecule has 0 amide bonds. The monoisotopic (exact) mass is 370 g/mol. The molecule has 1 unspecified atom stereocenters. The van der Waals surface area contributed by atoms with Crippen molar-refractivity contribution in [1.82, 2.24) is 9.97 Å². The number of hydrogen-bond acceptors (Lipinski definition) is 6. The molecule has 3 heterocycles. The van der Waals surface area contributed by atoms with E-state index in [-0.39, 0.29) is 15.5 Å². The van der Waals surface area contributed by atoms with Crippen LogP contribution in [0.4, 0.5) is 0 Å². The van der Waals surface area contributed by atoms with Crippen molar-refractivity contribution in [1.29, 1.82) is 0 Å². The van der Waals surface area contributed by atoms with Gasteiger partial charge in [-0.15, -0.1) is 0 Å². The van der Waals surface area contributed by atoms with Gasteiger partial charge in [0, 0.05) is 24.2 Å². The van der Waals surface area contributed by atoms with E-state index in [1.165, 1.54) is 42.9 Å². The first-order chi connectivity index (χ1) is 11.4. The largest absolute Gasteiger partial charge is 0.263 e. The Morgan fingerprint density at radius 1 is 1.04 bits per heavy atom. The van der Waals surface area contributed by atoms with Crippen molar-refractivity contribution >= 4 is 19.7 Å². The summed E-state index contributed by atoms with van der Waals surface area (Å²) in [5.74, 6) is -0.476. The predicted molar refractivity (Wildman–Crippen MR) is 93.1 cm³/mol. The Hall–Kier alpha value is -1.80. The normalized spacial score (nSPS) is 17.6. The summed E-state index contributed by atoms with van der Waals surface area (Å²) in [6.45, 7) is 8.00. The number of aromatic nitrogens is 2. The summed E-state index contributed by atoms with van der Waals surface area (Å²) in [5, 5.41) is -1.27. The van der Waals surface area contributed by atoms with Crippen molar-refractivity contribution in [3.8, 4) is 0 Å². The van der Waals surface area contributed by atoms with Gasteiger partial charge in [0.25, 0.3) is 0 Å². The second-order valence-corrected chi connectivity index (χ2v) is 8.48. The van der Waals surface area contributed by atoms with Crippen molar-refractivity contribution < 1.29 is 16.8 Å². The summed E-state index contributed by atoms with van der Waals surface area (Å²) in [4.78, 5) is 7.58. The second-order valence-electron chi connectivity index (χ2n) is 4.40. The average molecular weight is 370 g/mol. The molecule has 0 aromatic carbocycles. The standard InChI is InChI=1S/C12H10N2O4S2.2C2H6/c15-19(16)8-11(10-4-2-6-14-12(10)19)20(17,18)9-3-1-5-13-7-9;2*1-2/h1-7,11H,8H2;2*1-2H3. The molecule has 0 spiro atoms. The van der Waals surface area contributed by atoms with E-state index in [2.05, 4.69) is 9.97 Å². The van der Waals surface area contributed by atoms with Gasteiger partial charge in [-0.1, -0.05) is 33.8 Å². The van der Waals surface area contributed by atoms with Crippen LogP contribution in [-0.4, -0.2) is 32.6 Å². The van der Waals surface area contributed by atoms with Gasteiger partial charge in [-0.25, -0.2) is 21.8 Å². The van der Waals surface area contributed by atoms with Crippen LogP contribution in [0, 0.1) is 0 Å². The molecule has 8 heteroatoms. The third-order valence-corrected chi connectivity index (χ3v) is 7.13. The number of rotatable bonds is 2. The molecule has 1 aliphatic heterocycles. The first-order valence-electron chi connectivity index (χ1n) is 7.74. The highest BCUT2D eigenvalue weighted by molar-refractivity contribution is 7.96. The summed E-state index contributed by atoms with van der Waals surface area (Å²) >= 11 is 0. The fourth-order valence-electron chi connectivity index (χ4n) is 2.21. The summed E-state index contributed by atoms with van der Waals surface area (Å²) in [6, 6.07) is 5.93. The lowest BCUT2D eigenvalue weighted by Gasteiger charge is -2.10. The van der Waals surface area contributed by atoms with Crippen LogP contribution in [0.25, 0.3) is 0 Å². The first-order valence-corrected chi connectivity index (χ1v) is 10.9. The highest BCUT2D eigenvalue weighted by Crippen LogP contribution is 2.39. The molecular formula is C16H22N2O4S2. The molecule has 0 saturated carbocycles. The van der Waals surface area contributed by atoms with E-state index in [0.29, 0.717) is 0 Å². The molecule has 2 aromatic rings. The second kappa shape index (κ2) is 8.34. The summed E-state index contributed by atoms with van der Waals surface area (Å²) < 4.78 is 49.1. The Kier molecular flexibility index (Phi) is 7.04. The fraction of sp³-hybridized carbons (Fsp3) is 0.375. The third kappa shape index (κ3) is 3.81. The van der Waals surface area contributed by atoms with Crippen LogP contribution in [0.3, 0.4) is 0 Å². The Morgan fingerprint density at radius 3 is 2.25 bits per heavy atom. The molecule has 0 fully saturated rings. The zero-order chi connectivity index (χ0) is 18.4. The lowest BCUT2D eigenvalue weighted by Crippen LogP contribution is -2.15. The Balaban J connectivity index is 0.000000671. The van der Waals surface area contributed by atoms with Crippen molar-refractivity contribution in [3.63, 3.8) is 0 Å². The molecule has 3 rings (SSSR count). The van der Waals surface area contributed by atoms with Gasteiger partial charge in [0.2, 0.25) is 0 Å². The van der Waals surface area contributed by atoms with Crippen LogP contribution >= 0.6 is 0 Å². The predicted octanol–water partition coefficient (Wildman–Crippen LogP) is 2.83. The summed E-state index contributed by atoms with van der Waals surface area (Å²) in [7, 11) is -7.46. The van der Waals surface area contributed by atoms with E-state index in [1.807, 2.05) is 27.7 Å². The van der Waals surface area contributed by atoms with E-state index >= 15 is 0 Å². The first kappa shape index (κ1) is 20.2. The van der Waals surface area contributed by atoms with Crippen LogP contribution in [0.1, 0.15) is 38.5 Å². The maximum Gasteiger partial charge on any atom is 0.197 e. The van der Waals surface area contributed by atoms with Gasteiger partial charge in [0.15, 0.2) is 24.7 Å². The van der Waals surface area contributed by atoms with Gasteiger partial charge >= 0.3 is 0 Å². The topological polar surface area (TPSA) is 94.1 Å². The van der Waals surface area contributed by atoms with E-state index in [9.17, 15) is 16.8 Å². The smallest absolute Gasteiger partial charge is 0.197 e. The van der Waals surface area contributed by atoms with E-state index in [1.54, 1.807) is 0 Å². The fourth-order valence-corrected chi connectivity index (χ4v) is 6.40. The molecule has 24 heavy (non-hydrogen) atoms. The molecule has 0 saturated heterocycles. The highest BCUT2D eigenvalue weighted by atomic mass is 32.2. The summed E-state index contributed by atoms with van der Waals surface area (Å²) in [6.07, 6.45) is 4.02. The Bertz CT molecular complexity index is 864. The van der Waals surface area contributed by atoms with Gasteiger partial charge in [0.05, 0.1) is 10.6 Å². The third-order valence-electron chi connectivity index (χ3n) is 3.15.